The highest BCUT2D eigenvalue weighted by Crippen LogP contribution is 2.12. The summed E-state index contributed by atoms with van der Waals surface area (Å²) in [6.07, 6.45) is 0. The third-order valence-corrected chi connectivity index (χ3v) is 2.92. The van der Waals surface area contributed by atoms with Gasteiger partial charge in [-0.2, -0.15) is 0 Å². The van der Waals surface area contributed by atoms with Crippen LogP contribution in [0.2, 0.25) is 0 Å². The van der Waals surface area contributed by atoms with Gasteiger partial charge in [-0.1, -0.05) is 38.1 Å². The normalized spacial score (nSPS) is 11.1. The summed E-state index contributed by atoms with van der Waals surface area (Å²) in [5.41, 5.74) is 2.46. The second-order valence-electron chi connectivity index (χ2n) is 5.72. The molecule has 0 aliphatic carbocycles. The van der Waals surface area contributed by atoms with Crippen molar-refractivity contribution >= 4 is 0 Å². The van der Waals surface area contributed by atoms with Crippen molar-refractivity contribution in [2.24, 2.45) is 0 Å². The van der Waals surface area contributed by atoms with Crippen molar-refractivity contribution < 1.29 is 4.74 Å². The van der Waals surface area contributed by atoms with Crippen LogP contribution < -0.4 is 10.1 Å². The molecule has 0 fully saturated rings. The van der Waals surface area contributed by atoms with Gasteiger partial charge < -0.3 is 10.1 Å². The largest absolute Gasteiger partial charge is 0.492 e. The molecule has 1 N–H and O–H groups in total. The highest BCUT2D eigenvalue weighted by molar-refractivity contribution is 5.27. The Bertz CT molecular complexity index is 398. The molecule has 0 unspecified atom stereocenters. The standard InChI is InChI=1S/C17H28N2O/c1-14(2)13-19(5)10-11-20-17-8-6-16(7-9-17)12-18-15(3)4/h6-9,15,18H,1,10-13H2,2-5H3. The lowest BCUT2D eigenvalue weighted by atomic mass is 10.2. The second kappa shape index (κ2) is 8.77. The van der Waals surface area contributed by atoms with E-state index in [0.29, 0.717) is 12.6 Å². The number of nitrogens with one attached hydrogen (secondary N) is 1. The smallest absolute Gasteiger partial charge is 0.119 e. The lowest BCUT2D eigenvalue weighted by molar-refractivity contribution is 0.247. The summed E-state index contributed by atoms with van der Waals surface area (Å²) in [5, 5.41) is 3.40. The quantitative estimate of drug-likeness (QED) is 0.702. The van der Waals surface area contributed by atoms with E-state index in [2.05, 4.69) is 49.8 Å². The van der Waals surface area contributed by atoms with Gasteiger partial charge in [-0.3, -0.25) is 4.90 Å². The van der Waals surface area contributed by atoms with Gasteiger partial charge in [0, 0.05) is 25.7 Å². The van der Waals surface area contributed by atoms with Crippen LogP contribution in [-0.4, -0.2) is 37.7 Å². The summed E-state index contributed by atoms with van der Waals surface area (Å²) in [6, 6.07) is 8.81. The summed E-state index contributed by atoms with van der Waals surface area (Å²) >= 11 is 0. The maximum absolute atomic E-state index is 5.75. The molecule has 0 aromatic heterocycles. The van der Waals surface area contributed by atoms with Gasteiger partial charge in [0.05, 0.1) is 0 Å². The minimum absolute atomic E-state index is 0.509. The Morgan fingerprint density at radius 2 is 1.95 bits per heavy atom. The molecule has 0 aliphatic rings. The molecule has 0 spiro atoms. The maximum atomic E-state index is 5.75. The lowest BCUT2D eigenvalue weighted by Gasteiger charge is -2.17. The average molecular weight is 276 g/mol. The maximum Gasteiger partial charge on any atom is 0.119 e. The molecule has 0 saturated carbocycles. The Balaban J connectivity index is 2.29. The molecule has 3 heteroatoms. The fourth-order valence-corrected chi connectivity index (χ4v) is 1.88. The zero-order chi connectivity index (χ0) is 15.0. The van der Waals surface area contributed by atoms with Gasteiger partial charge in [-0.25, -0.2) is 0 Å². The van der Waals surface area contributed by atoms with E-state index in [1.807, 2.05) is 19.1 Å². The van der Waals surface area contributed by atoms with E-state index in [4.69, 9.17) is 4.74 Å². The van der Waals surface area contributed by atoms with Gasteiger partial charge >= 0.3 is 0 Å². The van der Waals surface area contributed by atoms with Crippen LogP contribution in [0.4, 0.5) is 0 Å². The molecule has 3 nitrogen and oxygen atoms in total. The van der Waals surface area contributed by atoms with E-state index < -0.39 is 0 Å². The molecule has 1 aromatic carbocycles. The van der Waals surface area contributed by atoms with Crippen LogP contribution in [0.3, 0.4) is 0 Å². The SMILES string of the molecule is C=C(C)CN(C)CCOc1ccc(CNC(C)C)cc1. The number of ether oxygens (including phenoxy) is 1. The summed E-state index contributed by atoms with van der Waals surface area (Å²) in [4.78, 5) is 2.21. The van der Waals surface area contributed by atoms with E-state index in [9.17, 15) is 0 Å². The van der Waals surface area contributed by atoms with Crippen molar-refractivity contribution in [3.05, 3.63) is 42.0 Å². The van der Waals surface area contributed by atoms with Crippen molar-refractivity contribution in [3.63, 3.8) is 0 Å². The molecule has 0 aliphatic heterocycles. The van der Waals surface area contributed by atoms with E-state index >= 15 is 0 Å². The number of hydrogen-bond donors (Lipinski definition) is 1. The predicted molar refractivity (Wildman–Crippen MR) is 86.2 cm³/mol. The monoisotopic (exact) mass is 276 g/mol. The van der Waals surface area contributed by atoms with Crippen LogP contribution in [0, 0.1) is 0 Å². The first-order valence-corrected chi connectivity index (χ1v) is 7.25. The topological polar surface area (TPSA) is 24.5 Å². The predicted octanol–water partition coefficient (Wildman–Crippen LogP) is 3.07. The van der Waals surface area contributed by atoms with Crippen LogP contribution in [0.1, 0.15) is 26.3 Å². The van der Waals surface area contributed by atoms with E-state index in [1.165, 1.54) is 11.1 Å². The zero-order valence-electron chi connectivity index (χ0n) is 13.3. The first-order valence-electron chi connectivity index (χ1n) is 7.25. The third kappa shape index (κ3) is 7.31. The van der Waals surface area contributed by atoms with Crippen molar-refractivity contribution in [1.29, 1.82) is 0 Å². The van der Waals surface area contributed by atoms with Gasteiger partial charge in [0.2, 0.25) is 0 Å². The van der Waals surface area contributed by atoms with E-state index in [-0.39, 0.29) is 0 Å². The molecule has 0 bridgehead atoms. The Morgan fingerprint density at radius 1 is 1.30 bits per heavy atom. The molecule has 0 heterocycles. The molecule has 0 atom stereocenters. The van der Waals surface area contributed by atoms with Crippen LogP contribution in [0.5, 0.6) is 5.75 Å². The van der Waals surface area contributed by atoms with Gasteiger partial charge in [0.25, 0.3) is 0 Å². The zero-order valence-corrected chi connectivity index (χ0v) is 13.3. The third-order valence-electron chi connectivity index (χ3n) is 2.92. The molecule has 20 heavy (non-hydrogen) atoms. The Labute approximate surface area is 123 Å². The van der Waals surface area contributed by atoms with E-state index in [0.717, 1.165) is 25.4 Å². The van der Waals surface area contributed by atoms with Crippen molar-refractivity contribution in [2.45, 2.75) is 33.4 Å². The van der Waals surface area contributed by atoms with E-state index in [1.54, 1.807) is 0 Å². The summed E-state index contributed by atoms with van der Waals surface area (Å²) in [5.74, 6) is 0.932. The molecule has 0 saturated heterocycles. The average Bonchev–Trinajstić information content (AvgIpc) is 2.37. The molecule has 112 valence electrons. The summed E-state index contributed by atoms with van der Waals surface area (Å²) in [6.45, 7) is 13.7. The highest BCUT2D eigenvalue weighted by Gasteiger charge is 2.00. The van der Waals surface area contributed by atoms with Crippen molar-refractivity contribution in [1.82, 2.24) is 10.2 Å². The van der Waals surface area contributed by atoms with Crippen LogP contribution in [0.15, 0.2) is 36.4 Å². The number of hydrogen-bond acceptors (Lipinski definition) is 3. The van der Waals surface area contributed by atoms with Crippen molar-refractivity contribution in [3.8, 4) is 5.75 Å². The first-order chi connectivity index (χ1) is 9.47. The molecular weight excluding hydrogens is 248 g/mol. The van der Waals surface area contributed by atoms with Gasteiger partial charge in [-0.15, -0.1) is 0 Å². The summed E-state index contributed by atoms with van der Waals surface area (Å²) < 4.78 is 5.75. The minimum Gasteiger partial charge on any atom is -0.492 e. The number of rotatable bonds is 9. The fourth-order valence-electron chi connectivity index (χ4n) is 1.88. The minimum atomic E-state index is 0.509. The highest BCUT2D eigenvalue weighted by atomic mass is 16.5. The Hall–Kier alpha value is -1.32. The molecule has 0 amide bonds. The Kier molecular flexibility index (Phi) is 7.34. The van der Waals surface area contributed by atoms with Crippen LogP contribution >= 0.6 is 0 Å². The second-order valence-corrected chi connectivity index (χ2v) is 5.72. The van der Waals surface area contributed by atoms with Gasteiger partial charge in [-0.05, 0) is 31.7 Å². The number of benzene rings is 1. The van der Waals surface area contributed by atoms with Gasteiger partial charge in [0.15, 0.2) is 0 Å². The Morgan fingerprint density at radius 3 is 2.50 bits per heavy atom. The van der Waals surface area contributed by atoms with Crippen LogP contribution in [-0.2, 0) is 6.54 Å². The fraction of sp³-hybridized carbons (Fsp3) is 0.529. The summed E-state index contributed by atoms with van der Waals surface area (Å²) in [7, 11) is 2.08. The number of nitrogens with zero attached hydrogens (tertiary/aromatic N) is 1. The van der Waals surface area contributed by atoms with Crippen molar-refractivity contribution in [2.75, 3.05) is 26.7 Å². The molecular formula is C17H28N2O. The lowest BCUT2D eigenvalue weighted by Crippen LogP contribution is -2.25. The first kappa shape index (κ1) is 16.7. The molecule has 1 rings (SSSR count). The number of likely N-dealkylation sites (N-methyl/N-ethyl adjacent to an activating group) is 1. The van der Waals surface area contributed by atoms with Gasteiger partial charge in [0.1, 0.15) is 12.4 Å². The van der Waals surface area contributed by atoms with Crippen LogP contribution in [0.25, 0.3) is 0 Å². The molecule has 1 aromatic rings. The molecule has 0 radical (unpaired) electrons.